The summed E-state index contributed by atoms with van der Waals surface area (Å²) in [5, 5.41) is 38.6. The highest BCUT2D eigenvalue weighted by Crippen LogP contribution is 2.29. The highest BCUT2D eigenvalue weighted by Gasteiger charge is 2.49. The van der Waals surface area contributed by atoms with Crippen molar-refractivity contribution in [3.8, 4) is 0 Å². The van der Waals surface area contributed by atoms with Crippen LogP contribution in [0.4, 0.5) is 0 Å². The molecule has 0 aromatic rings. The van der Waals surface area contributed by atoms with Crippen LogP contribution in [0.1, 0.15) is 26.7 Å². The molecule has 1 aliphatic rings. The van der Waals surface area contributed by atoms with Gasteiger partial charge in [-0.3, -0.25) is 0 Å². The monoisotopic (exact) mass is 232 g/mol. The third kappa shape index (κ3) is 2.61. The summed E-state index contributed by atoms with van der Waals surface area (Å²) < 4.78 is 5.12. The lowest BCUT2D eigenvalue weighted by Crippen LogP contribution is -2.62. The predicted octanol–water partition coefficient (Wildman–Crippen LogP) is -0.467. The van der Waals surface area contributed by atoms with Crippen LogP contribution in [0.15, 0.2) is 12.2 Å². The first-order valence-corrected chi connectivity index (χ1v) is 5.54. The van der Waals surface area contributed by atoms with Crippen molar-refractivity contribution < 1.29 is 25.2 Å². The predicted molar refractivity (Wildman–Crippen MR) is 57.6 cm³/mol. The van der Waals surface area contributed by atoms with E-state index < -0.39 is 30.2 Å². The number of aliphatic hydroxyl groups excluding tert-OH is 3. The molecule has 16 heavy (non-hydrogen) atoms. The zero-order valence-electron chi connectivity index (χ0n) is 9.58. The van der Waals surface area contributed by atoms with Crippen LogP contribution in [-0.2, 0) is 4.74 Å². The summed E-state index contributed by atoms with van der Waals surface area (Å²) in [6.07, 6.45) is -0.251. The molecule has 0 spiro atoms. The number of ether oxygens (including phenoxy) is 1. The molecule has 0 aromatic carbocycles. The Morgan fingerprint density at radius 2 is 1.88 bits per heavy atom. The molecule has 0 aromatic heterocycles. The van der Waals surface area contributed by atoms with Crippen LogP contribution in [0, 0.1) is 0 Å². The maximum Gasteiger partial charge on any atom is 0.215 e. The number of unbranched alkanes of at least 4 members (excludes halogenated alkanes) is 1. The van der Waals surface area contributed by atoms with Crippen LogP contribution in [0.5, 0.6) is 0 Å². The van der Waals surface area contributed by atoms with Crippen LogP contribution >= 0.6 is 0 Å². The maximum absolute atomic E-state index is 9.99. The molecule has 1 aliphatic heterocycles. The summed E-state index contributed by atoms with van der Waals surface area (Å²) in [6.45, 7) is 3.51. The SMILES string of the molecule is CCC/C=C/[C@]1(O)O[C@H](C)[C@H](O)[C@H](O)[C@H]1O. The van der Waals surface area contributed by atoms with Gasteiger partial charge in [0, 0.05) is 0 Å². The molecular formula is C11H20O5. The summed E-state index contributed by atoms with van der Waals surface area (Å²) in [4.78, 5) is 0. The number of hydrogen-bond acceptors (Lipinski definition) is 5. The molecule has 4 N–H and O–H groups in total. The van der Waals surface area contributed by atoms with Crippen molar-refractivity contribution in [2.45, 2.75) is 56.9 Å². The summed E-state index contributed by atoms with van der Waals surface area (Å²) in [6, 6.07) is 0. The minimum atomic E-state index is -1.92. The molecule has 0 unspecified atom stereocenters. The van der Waals surface area contributed by atoms with E-state index in [0.717, 1.165) is 12.8 Å². The zero-order chi connectivity index (χ0) is 12.3. The zero-order valence-corrected chi connectivity index (χ0v) is 9.58. The molecule has 0 radical (unpaired) electrons. The molecule has 5 heteroatoms. The molecule has 5 nitrogen and oxygen atoms in total. The molecule has 5 atom stereocenters. The fourth-order valence-electron chi connectivity index (χ4n) is 1.70. The van der Waals surface area contributed by atoms with Gasteiger partial charge in [0.2, 0.25) is 5.79 Å². The van der Waals surface area contributed by atoms with E-state index >= 15 is 0 Å². The Balaban J connectivity index is 2.78. The number of hydrogen-bond donors (Lipinski definition) is 4. The van der Waals surface area contributed by atoms with Crippen LogP contribution in [-0.4, -0.2) is 50.6 Å². The van der Waals surface area contributed by atoms with Crippen LogP contribution in [0.3, 0.4) is 0 Å². The topological polar surface area (TPSA) is 90.2 Å². The van der Waals surface area contributed by atoms with Gasteiger partial charge in [0.05, 0.1) is 6.10 Å². The maximum atomic E-state index is 9.99. The molecule has 94 valence electrons. The second-order valence-corrected chi connectivity index (χ2v) is 4.19. The van der Waals surface area contributed by atoms with E-state index in [-0.39, 0.29) is 0 Å². The Morgan fingerprint density at radius 3 is 2.44 bits per heavy atom. The largest absolute Gasteiger partial charge is 0.388 e. The van der Waals surface area contributed by atoms with Crippen molar-refractivity contribution in [2.24, 2.45) is 0 Å². The molecular weight excluding hydrogens is 212 g/mol. The molecule has 1 heterocycles. The molecule has 0 aliphatic carbocycles. The van der Waals surface area contributed by atoms with Crippen molar-refractivity contribution in [3.05, 3.63) is 12.2 Å². The van der Waals surface area contributed by atoms with Crippen LogP contribution in [0.25, 0.3) is 0 Å². The molecule has 1 rings (SSSR count). The molecule has 1 saturated heterocycles. The minimum absolute atomic E-state index is 0.741. The van der Waals surface area contributed by atoms with E-state index in [9.17, 15) is 20.4 Å². The van der Waals surface area contributed by atoms with Gasteiger partial charge in [-0.2, -0.15) is 0 Å². The smallest absolute Gasteiger partial charge is 0.215 e. The van der Waals surface area contributed by atoms with Gasteiger partial charge >= 0.3 is 0 Å². The van der Waals surface area contributed by atoms with Gasteiger partial charge in [0.1, 0.15) is 18.3 Å². The van der Waals surface area contributed by atoms with Crippen molar-refractivity contribution in [1.82, 2.24) is 0 Å². The Kier molecular flexibility index (Phi) is 4.46. The van der Waals surface area contributed by atoms with Gasteiger partial charge in [-0.15, -0.1) is 0 Å². The second-order valence-electron chi connectivity index (χ2n) is 4.19. The second kappa shape index (κ2) is 5.25. The quantitative estimate of drug-likeness (QED) is 0.494. The van der Waals surface area contributed by atoms with E-state index in [4.69, 9.17) is 4.74 Å². The lowest BCUT2D eigenvalue weighted by atomic mass is 9.92. The highest BCUT2D eigenvalue weighted by molar-refractivity contribution is 5.06. The van der Waals surface area contributed by atoms with Crippen molar-refractivity contribution in [3.63, 3.8) is 0 Å². The fraction of sp³-hybridized carbons (Fsp3) is 0.818. The Bertz CT molecular complexity index is 255. The molecule has 0 saturated carbocycles. The van der Waals surface area contributed by atoms with Crippen LogP contribution in [0.2, 0.25) is 0 Å². The van der Waals surface area contributed by atoms with Gasteiger partial charge < -0.3 is 25.2 Å². The van der Waals surface area contributed by atoms with Gasteiger partial charge in [-0.1, -0.05) is 19.4 Å². The number of rotatable bonds is 3. The highest BCUT2D eigenvalue weighted by atomic mass is 16.7. The van der Waals surface area contributed by atoms with Gasteiger partial charge in [-0.05, 0) is 19.4 Å². The van der Waals surface area contributed by atoms with Crippen molar-refractivity contribution >= 4 is 0 Å². The van der Waals surface area contributed by atoms with E-state index in [1.165, 1.54) is 13.0 Å². The average molecular weight is 232 g/mol. The van der Waals surface area contributed by atoms with E-state index in [0.29, 0.717) is 0 Å². The van der Waals surface area contributed by atoms with Crippen molar-refractivity contribution in [2.75, 3.05) is 0 Å². The Labute approximate surface area is 95.0 Å². The lowest BCUT2D eigenvalue weighted by molar-refractivity contribution is -0.319. The number of allylic oxidation sites excluding steroid dienone is 1. The van der Waals surface area contributed by atoms with Crippen molar-refractivity contribution in [1.29, 1.82) is 0 Å². The average Bonchev–Trinajstić information content (AvgIpc) is 2.24. The standard InChI is InChI=1S/C11H20O5/c1-3-4-5-6-11(15)10(14)9(13)8(12)7(2)16-11/h5-10,12-15H,3-4H2,1-2H3/b6-5+/t7-,8+,9+,10-,11+/m1/s1. The third-order valence-corrected chi connectivity index (χ3v) is 2.76. The Hall–Kier alpha value is -0.460. The first-order chi connectivity index (χ1) is 7.42. The van der Waals surface area contributed by atoms with Crippen LogP contribution < -0.4 is 0 Å². The van der Waals surface area contributed by atoms with E-state index in [2.05, 4.69) is 0 Å². The molecule has 0 amide bonds. The molecule has 0 bridgehead atoms. The summed E-state index contributed by atoms with van der Waals surface area (Å²) in [7, 11) is 0. The van der Waals surface area contributed by atoms with Gasteiger partial charge in [0.25, 0.3) is 0 Å². The first kappa shape index (κ1) is 13.6. The van der Waals surface area contributed by atoms with Gasteiger partial charge in [-0.25, -0.2) is 0 Å². The van der Waals surface area contributed by atoms with E-state index in [1.54, 1.807) is 6.08 Å². The van der Waals surface area contributed by atoms with Gasteiger partial charge in [0.15, 0.2) is 0 Å². The number of aliphatic hydroxyl groups is 4. The summed E-state index contributed by atoms with van der Waals surface area (Å²) >= 11 is 0. The summed E-state index contributed by atoms with van der Waals surface area (Å²) in [5.74, 6) is -1.92. The lowest BCUT2D eigenvalue weighted by Gasteiger charge is -2.43. The normalized spacial score (nSPS) is 45.1. The Morgan fingerprint density at radius 1 is 1.25 bits per heavy atom. The molecule has 1 fully saturated rings. The third-order valence-electron chi connectivity index (χ3n) is 2.76. The van der Waals surface area contributed by atoms with E-state index in [1.807, 2.05) is 6.92 Å². The fourth-order valence-corrected chi connectivity index (χ4v) is 1.70. The first-order valence-electron chi connectivity index (χ1n) is 5.54. The summed E-state index contributed by atoms with van der Waals surface area (Å²) in [5.41, 5.74) is 0. The minimum Gasteiger partial charge on any atom is -0.388 e.